The second kappa shape index (κ2) is 7.88. The number of carbonyl (C=O) groups excluding carboxylic acids is 1. The van der Waals surface area contributed by atoms with Gasteiger partial charge in [0, 0.05) is 25.3 Å². The smallest absolute Gasteiger partial charge is 0.255 e. The summed E-state index contributed by atoms with van der Waals surface area (Å²) in [6, 6.07) is 8.07. The molecule has 0 spiro atoms. The first-order valence-corrected chi connectivity index (χ1v) is 9.71. The van der Waals surface area contributed by atoms with Crippen LogP contribution in [0.25, 0.3) is 11.0 Å². The van der Waals surface area contributed by atoms with Crippen LogP contribution in [0.2, 0.25) is 0 Å². The van der Waals surface area contributed by atoms with Crippen molar-refractivity contribution in [3.63, 3.8) is 0 Å². The average molecular weight is 379 g/mol. The summed E-state index contributed by atoms with van der Waals surface area (Å²) < 4.78 is 7.02. The number of carbonyl (C=O) groups is 1. The van der Waals surface area contributed by atoms with Gasteiger partial charge < -0.3 is 15.4 Å². The average Bonchev–Trinajstić information content (AvgIpc) is 3.12. The fraction of sp³-hybridized carbons (Fsp3) is 0.381. The number of nitrogens with one attached hydrogen (secondary N) is 2. The third kappa shape index (κ3) is 3.52. The molecule has 28 heavy (non-hydrogen) atoms. The van der Waals surface area contributed by atoms with Crippen molar-refractivity contribution in [2.24, 2.45) is 0 Å². The van der Waals surface area contributed by atoms with Crippen LogP contribution in [0.5, 0.6) is 5.75 Å². The van der Waals surface area contributed by atoms with Crippen LogP contribution in [-0.2, 0) is 13.1 Å². The molecule has 7 heteroatoms. The highest BCUT2D eigenvalue weighted by atomic mass is 16.5. The van der Waals surface area contributed by atoms with Gasteiger partial charge in [-0.3, -0.25) is 4.79 Å². The third-order valence-corrected chi connectivity index (χ3v) is 5.28. The summed E-state index contributed by atoms with van der Waals surface area (Å²) in [4.78, 5) is 17.4. The van der Waals surface area contributed by atoms with Crippen molar-refractivity contribution in [1.29, 1.82) is 0 Å². The topological polar surface area (TPSA) is 81.1 Å². The highest BCUT2D eigenvalue weighted by molar-refractivity contribution is 6.06. The molecule has 4 rings (SSSR count). The number of benzene rings is 1. The molecular formula is C21H25N5O2. The molecule has 146 valence electrons. The van der Waals surface area contributed by atoms with E-state index in [0.29, 0.717) is 18.2 Å². The molecule has 0 atom stereocenters. The highest BCUT2D eigenvalue weighted by Gasteiger charge is 2.23. The molecule has 0 bridgehead atoms. The summed E-state index contributed by atoms with van der Waals surface area (Å²) in [6.45, 7) is 3.21. The van der Waals surface area contributed by atoms with Crippen molar-refractivity contribution in [2.45, 2.75) is 45.3 Å². The SMILES string of the molecule is CCn1ncc2c(NC3CCC3)c(C(=O)NCc3ccc(OC)cc3)cnc21. The van der Waals surface area contributed by atoms with Crippen molar-refractivity contribution >= 4 is 22.6 Å². The van der Waals surface area contributed by atoms with Gasteiger partial charge >= 0.3 is 0 Å². The van der Waals surface area contributed by atoms with Gasteiger partial charge in [-0.1, -0.05) is 12.1 Å². The maximum absolute atomic E-state index is 12.9. The maximum Gasteiger partial charge on any atom is 0.255 e. The third-order valence-electron chi connectivity index (χ3n) is 5.28. The Hall–Kier alpha value is -3.09. The first-order chi connectivity index (χ1) is 13.7. The summed E-state index contributed by atoms with van der Waals surface area (Å²) in [7, 11) is 1.64. The Morgan fingerprint density at radius 1 is 1.25 bits per heavy atom. The van der Waals surface area contributed by atoms with E-state index in [-0.39, 0.29) is 5.91 Å². The zero-order valence-electron chi connectivity index (χ0n) is 16.2. The van der Waals surface area contributed by atoms with E-state index in [1.807, 2.05) is 35.9 Å². The molecule has 0 saturated heterocycles. The number of aromatic nitrogens is 3. The molecule has 0 aliphatic heterocycles. The summed E-state index contributed by atoms with van der Waals surface area (Å²) in [6.07, 6.45) is 6.92. The quantitative estimate of drug-likeness (QED) is 0.658. The molecule has 0 radical (unpaired) electrons. The van der Waals surface area contributed by atoms with Crippen LogP contribution in [0.3, 0.4) is 0 Å². The molecule has 1 aliphatic carbocycles. The molecular weight excluding hydrogens is 354 g/mol. The Morgan fingerprint density at radius 3 is 2.68 bits per heavy atom. The fourth-order valence-electron chi connectivity index (χ4n) is 3.36. The number of amides is 1. The summed E-state index contributed by atoms with van der Waals surface area (Å²) in [5.74, 6) is 0.654. The minimum Gasteiger partial charge on any atom is -0.497 e. The zero-order valence-corrected chi connectivity index (χ0v) is 16.2. The normalized spacial score (nSPS) is 13.9. The van der Waals surface area contributed by atoms with Gasteiger partial charge in [-0.2, -0.15) is 5.10 Å². The van der Waals surface area contributed by atoms with E-state index in [0.717, 1.165) is 47.4 Å². The van der Waals surface area contributed by atoms with Crippen molar-refractivity contribution in [3.8, 4) is 5.75 Å². The molecule has 1 fully saturated rings. The summed E-state index contributed by atoms with van der Waals surface area (Å²) in [5.41, 5.74) is 3.21. The predicted octanol–water partition coefficient (Wildman–Crippen LogP) is 3.35. The highest BCUT2D eigenvalue weighted by Crippen LogP contribution is 2.31. The number of hydrogen-bond donors (Lipinski definition) is 2. The van der Waals surface area contributed by atoms with Crippen molar-refractivity contribution in [3.05, 3.63) is 47.8 Å². The number of aryl methyl sites for hydroxylation is 1. The van der Waals surface area contributed by atoms with Crippen molar-refractivity contribution in [2.75, 3.05) is 12.4 Å². The molecule has 1 aliphatic rings. The molecule has 7 nitrogen and oxygen atoms in total. The number of anilines is 1. The molecule has 1 amide bonds. The lowest BCUT2D eigenvalue weighted by Crippen LogP contribution is -2.30. The molecule has 2 aromatic heterocycles. The number of nitrogens with zero attached hydrogens (tertiary/aromatic N) is 3. The predicted molar refractivity (Wildman–Crippen MR) is 109 cm³/mol. The first-order valence-electron chi connectivity index (χ1n) is 9.71. The molecule has 1 aromatic carbocycles. The zero-order chi connectivity index (χ0) is 19.5. The maximum atomic E-state index is 12.9. The van der Waals surface area contributed by atoms with Crippen molar-refractivity contribution < 1.29 is 9.53 Å². The lowest BCUT2D eigenvalue weighted by Gasteiger charge is -2.28. The molecule has 1 saturated carbocycles. The van der Waals surface area contributed by atoms with Crippen LogP contribution >= 0.6 is 0 Å². The number of pyridine rings is 1. The van der Waals surface area contributed by atoms with Gasteiger partial charge in [-0.25, -0.2) is 9.67 Å². The van der Waals surface area contributed by atoms with E-state index in [2.05, 4.69) is 20.7 Å². The van der Waals surface area contributed by atoms with E-state index < -0.39 is 0 Å². The number of rotatable bonds is 7. The summed E-state index contributed by atoms with van der Waals surface area (Å²) in [5, 5.41) is 11.9. The number of methoxy groups -OCH3 is 1. The van der Waals surface area contributed by atoms with E-state index >= 15 is 0 Å². The van der Waals surface area contributed by atoms with Gasteiger partial charge in [-0.05, 0) is 43.9 Å². The van der Waals surface area contributed by atoms with Gasteiger partial charge in [0.15, 0.2) is 5.65 Å². The van der Waals surface area contributed by atoms with Crippen LogP contribution in [0.4, 0.5) is 5.69 Å². The second-order valence-electron chi connectivity index (χ2n) is 7.05. The molecule has 3 aromatic rings. The van der Waals surface area contributed by atoms with E-state index in [4.69, 9.17) is 4.74 Å². The standard InChI is InChI=1S/C21H25N5O2/c1-3-26-20-17(13-24-26)19(25-15-5-4-6-15)18(12-22-20)21(27)23-11-14-7-9-16(28-2)10-8-14/h7-10,12-13,15H,3-6,11H2,1-2H3,(H,22,25)(H,23,27). The monoisotopic (exact) mass is 379 g/mol. The van der Waals surface area contributed by atoms with Gasteiger partial charge in [0.1, 0.15) is 5.75 Å². The minimum absolute atomic E-state index is 0.142. The Labute approximate surface area is 164 Å². The molecule has 2 N–H and O–H groups in total. The lowest BCUT2D eigenvalue weighted by molar-refractivity contribution is 0.0951. The van der Waals surface area contributed by atoms with E-state index in [1.165, 1.54) is 6.42 Å². The van der Waals surface area contributed by atoms with Crippen molar-refractivity contribution in [1.82, 2.24) is 20.1 Å². The first kappa shape index (κ1) is 18.3. The second-order valence-corrected chi connectivity index (χ2v) is 7.05. The Balaban J connectivity index is 1.58. The Kier molecular flexibility index (Phi) is 5.14. The Morgan fingerprint density at radius 2 is 2.04 bits per heavy atom. The van der Waals surface area contributed by atoms with E-state index in [9.17, 15) is 4.79 Å². The number of ether oxygens (including phenoxy) is 1. The van der Waals surface area contributed by atoms with Gasteiger partial charge in [0.25, 0.3) is 5.91 Å². The number of fused-ring (bicyclic) bond motifs is 1. The lowest BCUT2D eigenvalue weighted by atomic mass is 9.92. The minimum atomic E-state index is -0.142. The van der Waals surface area contributed by atoms with E-state index in [1.54, 1.807) is 19.5 Å². The van der Waals surface area contributed by atoms with Crippen LogP contribution in [-0.4, -0.2) is 33.8 Å². The number of hydrogen-bond acceptors (Lipinski definition) is 5. The molecule has 0 unspecified atom stereocenters. The van der Waals surface area contributed by atoms with Crippen LogP contribution in [0.15, 0.2) is 36.7 Å². The van der Waals surface area contributed by atoms with Crippen LogP contribution in [0, 0.1) is 0 Å². The van der Waals surface area contributed by atoms with Crippen LogP contribution < -0.4 is 15.4 Å². The fourth-order valence-corrected chi connectivity index (χ4v) is 3.36. The van der Waals surface area contributed by atoms with Gasteiger partial charge in [0.2, 0.25) is 0 Å². The Bertz CT molecular complexity index is 976. The summed E-state index contributed by atoms with van der Waals surface area (Å²) >= 11 is 0. The van der Waals surface area contributed by atoms with Crippen LogP contribution in [0.1, 0.15) is 42.1 Å². The van der Waals surface area contributed by atoms with Gasteiger partial charge in [0.05, 0.1) is 29.9 Å². The van der Waals surface area contributed by atoms with Gasteiger partial charge in [-0.15, -0.1) is 0 Å². The molecule has 2 heterocycles. The largest absolute Gasteiger partial charge is 0.497 e.